The quantitative estimate of drug-likeness (QED) is 0.0195. The van der Waals surface area contributed by atoms with E-state index in [4.69, 9.17) is 18.5 Å². The number of unbranched alkanes of at least 4 members (excludes halogenated alkanes) is 52. The van der Waals surface area contributed by atoms with E-state index in [0.29, 0.717) is 17.4 Å². The SMILES string of the molecule is CC/C=C\C/C=C\C/C=C\C/C=C\C/C=C\CCCCCCCCCCCCCCCCCCCCCCCC(=O)OC(COC(=O)CCCCCCCCCCCCCCCCCCCCCCCCCCCCCCCCCC)COP(=O)([O-])OCC[N+](C)(C)C. The van der Waals surface area contributed by atoms with Crippen LogP contribution in [-0.4, -0.2) is 70.0 Å². The van der Waals surface area contributed by atoms with Crippen LogP contribution in [0.3, 0.4) is 0 Å². The molecule has 0 aliphatic heterocycles. The van der Waals surface area contributed by atoms with Crippen LogP contribution < -0.4 is 4.89 Å². The van der Waals surface area contributed by atoms with E-state index in [1.807, 2.05) is 21.1 Å². The van der Waals surface area contributed by atoms with Gasteiger partial charge in [-0.25, -0.2) is 0 Å². The smallest absolute Gasteiger partial charge is 0.306 e. The number of quaternary nitrogens is 1. The Kier molecular flexibility index (Phi) is 72.1. The largest absolute Gasteiger partial charge is 0.756 e. The topological polar surface area (TPSA) is 111 Å². The number of phosphoric ester groups is 1. The molecular formula is C83H156NO8P. The number of allylic oxidation sites excluding steroid dienone is 10. The minimum Gasteiger partial charge on any atom is -0.756 e. The maximum absolute atomic E-state index is 12.9. The number of hydrogen-bond donors (Lipinski definition) is 0. The summed E-state index contributed by atoms with van der Waals surface area (Å²) < 4.78 is 34.4. The van der Waals surface area contributed by atoms with E-state index in [0.717, 1.165) is 64.2 Å². The Balaban J connectivity index is 3.91. The summed E-state index contributed by atoms with van der Waals surface area (Å²) in [7, 11) is 1.19. The van der Waals surface area contributed by atoms with Crippen LogP contribution in [0.4, 0.5) is 0 Å². The van der Waals surface area contributed by atoms with Gasteiger partial charge >= 0.3 is 11.9 Å². The molecule has 2 atom stereocenters. The van der Waals surface area contributed by atoms with E-state index in [-0.39, 0.29) is 32.0 Å². The van der Waals surface area contributed by atoms with Crippen LogP contribution in [0.2, 0.25) is 0 Å². The Morgan fingerprint density at radius 2 is 0.613 bits per heavy atom. The second kappa shape index (κ2) is 73.9. The van der Waals surface area contributed by atoms with Gasteiger partial charge in [0, 0.05) is 12.8 Å². The van der Waals surface area contributed by atoms with Gasteiger partial charge in [-0.15, -0.1) is 0 Å². The Morgan fingerprint density at radius 1 is 0.344 bits per heavy atom. The van der Waals surface area contributed by atoms with Gasteiger partial charge in [-0.3, -0.25) is 14.2 Å². The summed E-state index contributed by atoms with van der Waals surface area (Å²) in [5.74, 6) is -0.808. The minimum absolute atomic E-state index is 0.0281. The normalized spacial score (nSPS) is 13.3. The van der Waals surface area contributed by atoms with E-state index in [9.17, 15) is 19.0 Å². The highest BCUT2D eigenvalue weighted by Gasteiger charge is 2.22. The van der Waals surface area contributed by atoms with Gasteiger partial charge in [-0.1, -0.05) is 396 Å². The number of nitrogens with zero attached hydrogens (tertiary/aromatic N) is 1. The zero-order valence-electron chi connectivity index (χ0n) is 62.5. The number of ether oxygens (including phenoxy) is 2. The van der Waals surface area contributed by atoms with Crippen molar-refractivity contribution in [2.24, 2.45) is 0 Å². The Morgan fingerprint density at radius 3 is 0.914 bits per heavy atom. The van der Waals surface area contributed by atoms with E-state index < -0.39 is 26.5 Å². The fraction of sp³-hybridized carbons (Fsp3) is 0.855. The van der Waals surface area contributed by atoms with Crippen molar-refractivity contribution in [3.8, 4) is 0 Å². The van der Waals surface area contributed by atoms with Crippen LogP contribution in [-0.2, 0) is 32.7 Å². The summed E-state index contributed by atoms with van der Waals surface area (Å²) in [5, 5.41) is 0. The number of carbonyl (C=O) groups excluding carboxylic acids is 2. The zero-order chi connectivity index (χ0) is 67.6. The molecule has 0 fully saturated rings. The van der Waals surface area contributed by atoms with E-state index in [1.54, 1.807) is 0 Å². The highest BCUT2D eigenvalue weighted by Crippen LogP contribution is 2.38. The number of esters is 2. The predicted molar refractivity (Wildman–Crippen MR) is 402 cm³/mol. The summed E-state index contributed by atoms with van der Waals surface area (Å²) >= 11 is 0. The molecule has 0 rings (SSSR count). The maximum Gasteiger partial charge on any atom is 0.306 e. The van der Waals surface area contributed by atoms with Gasteiger partial charge in [-0.05, 0) is 57.8 Å². The van der Waals surface area contributed by atoms with Gasteiger partial charge < -0.3 is 27.9 Å². The van der Waals surface area contributed by atoms with Crippen molar-refractivity contribution in [1.29, 1.82) is 0 Å². The van der Waals surface area contributed by atoms with Crippen molar-refractivity contribution < 1.29 is 42.1 Å². The first-order valence-electron chi connectivity index (χ1n) is 40.5. The first-order valence-corrected chi connectivity index (χ1v) is 42.0. The average molecular weight is 1330 g/mol. The van der Waals surface area contributed by atoms with Crippen molar-refractivity contribution in [3.05, 3.63) is 60.8 Å². The number of rotatable bonds is 76. The van der Waals surface area contributed by atoms with Crippen LogP contribution in [0, 0.1) is 0 Å². The third kappa shape index (κ3) is 78.6. The number of likely N-dealkylation sites (N-methyl/N-ethyl adjacent to an activating group) is 1. The molecule has 0 saturated carbocycles. The van der Waals surface area contributed by atoms with E-state index in [2.05, 4.69) is 74.6 Å². The lowest BCUT2D eigenvalue weighted by atomic mass is 10.0. The molecule has 0 amide bonds. The Hall–Kier alpha value is -2.29. The molecule has 0 bridgehead atoms. The van der Waals surface area contributed by atoms with Crippen molar-refractivity contribution in [3.63, 3.8) is 0 Å². The van der Waals surface area contributed by atoms with Crippen molar-refractivity contribution >= 4 is 19.8 Å². The fourth-order valence-corrected chi connectivity index (χ4v) is 12.9. The molecule has 9 nitrogen and oxygen atoms in total. The molecular weight excluding hydrogens is 1170 g/mol. The summed E-state index contributed by atoms with van der Waals surface area (Å²) in [6, 6.07) is 0. The molecule has 0 heterocycles. The van der Waals surface area contributed by atoms with Gasteiger partial charge in [0.15, 0.2) is 6.10 Å². The minimum atomic E-state index is -4.64. The first kappa shape index (κ1) is 90.7. The number of phosphoric acid groups is 1. The second-order valence-corrected chi connectivity index (χ2v) is 30.2. The number of hydrogen-bond acceptors (Lipinski definition) is 8. The molecule has 0 aromatic heterocycles. The Labute approximate surface area is 578 Å². The van der Waals surface area contributed by atoms with Gasteiger partial charge in [0.2, 0.25) is 0 Å². The first-order chi connectivity index (χ1) is 45.5. The molecule has 0 N–H and O–H groups in total. The lowest BCUT2D eigenvalue weighted by Gasteiger charge is -2.28. The van der Waals surface area contributed by atoms with Gasteiger partial charge in [0.05, 0.1) is 27.7 Å². The summed E-state index contributed by atoms with van der Waals surface area (Å²) in [6.45, 7) is 4.21. The molecule has 0 spiro atoms. The van der Waals surface area contributed by atoms with Crippen molar-refractivity contribution in [1.82, 2.24) is 0 Å². The molecule has 0 radical (unpaired) electrons. The molecule has 93 heavy (non-hydrogen) atoms. The molecule has 0 aromatic rings. The maximum atomic E-state index is 12.9. The number of carbonyl (C=O) groups is 2. The standard InChI is InChI=1S/C83H156NO8P/c1-6-8-10-12-14-16-18-20-22-24-26-28-30-32-34-36-38-40-41-42-43-44-46-48-50-52-54-56-58-60-62-64-66-68-70-72-74-76-83(86)92-81(80-91-93(87,88)90-78-77-84(3,4)5)79-89-82(85)75-73-71-69-67-65-63-61-59-57-55-53-51-49-47-45-39-37-35-33-31-29-27-25-23-21-19-17-15-13-11-9-7-2/h8,10,14,16,20,22,26,28,32,34,81H,6-7,9,11-13,15,17-19,21,23-25,27,29-31,33,35-80H2,1-5H3/b10-8-,16-14-,22-20-,28-26-,34-32-. The molecule has 10 heteroatoms. The zero-order valence-corrected chi connectivity index (χ0v) is 63.4. The molecule has 2 unspecified atom stereocenters. The lowest BCUT2D eigenvalue weighted by molar-refractivity contribution is -0.870. The summed E-state index contributed by atoms with van der Waals surface area (Å²) in [4.78, 5) is 38.2. The van der Waals surface area contributed by atoms with Crippen molar-refractivity contribution in [2.75, 3.05) is 47.5 Å². The Bertz CT molecular complexity index is 1750. The van der Waals surface area contributed by atoms with Crippen LogP contribution >= 0.6 is 7.82 Å². The van der Waals surface area contributed by atoms with Crippen molar-refractivity contribution in [2.45, 2.75) is 412 Å². The van der Waals surface area contributed by atoms with E-state index >= 15 is 0 Å². The molecule has 0 aromatic carbocycles. The van der Waals surface area contributed by atoms with Crippen LogP contribution in [0.5, 0.6) is 0 Å². The van der Waals surface area contributed by atoms with Gasteiger partial charge in [0.1, 0.15) is 19.8 Å². The molecule has 0 aliphatic rings. The monoisotopic (exact) mass is 1330 g/mol. The highest BCUT2D eigenvalue weighted by molar-refractivity contribution is 7.45. The van der Waals surface area contributed by atoms with Gasteiger partial charge in [-0.2, -0.15) is 0 Å². The van der Waals surface area contributed by atoms with Gasteiger partial charge in [0.25, 0.3) is 7.82 Å². The molecule has 546 valence electrons. The van der Waals surface area contributed by atoms with Crippen LogP contribution in [0.1, 0.15) is 406 Å². The second-order valence-electron chi connectivity index (χ2n) is 28.8. The third-order valence-corrected chi connectivity index (χ3v) is 19.3. The molecule has 0 aliphatic carbocycles. The highest BCUT2D eigenvalue weighted by atomic mass is 31.2. The predicted octanol–water partition coefficient (Wildman–Crippen LogP) is 26.3. The van der Waals surface area contributed by atoms with E-state index in [1.165, 1.54) is 308 Å². The lowest BCUT2D eigenvalue weighted by Crippen LogP contribution is -2.37. The summed E-state index contributed by atoms with van der Waals surface area (Å²) in [6.07, 6.45) is 99.3. The van der Waals surface area contributed by atoms with Crippen LogP contribution in [0.15, 0.2) is 60.8 Å². The third-order valence-electron chi connectivity index (χ3n) is 18.3. The van der Waals surface area contributed by atoms with Crippen LogP contribution in [0.25, 0.3) is 0 Å². The fourth-order valence-electron chi connectivity index (χ4n) is 12.2. The molecule has 0 saturated heterocycles. The average Bonchev–Trinajstić information content (AvgIpc) is 2.27. The summed E-state index contributed by atoms with van der Waals surface area (Å²) in [5.41, 5.74) is 0.